The summed E-state index contributed by atoms with van der Waals surface area (Å²) in [5.41, 5.74) is 0. The van der Waals surface area contributed by atoms with Crippen molar-refractivity contribution in [1.82, 2.24) is 4.57 Å². The van der Waals surface area contributed by atoms with Crippen molar-refractivity contribution < 1.29 is 19.0 Å². The number of carbonyl (C=O) groups is 1. The highest BCUT2D eigenvalue weighted by atomic mass is 28.2. The molecule has 1 aliphatic heterocycles. The van der Waals surface area contributed by atoms with Crippen LogP contribution in [0.4, 0.5) is 0 Å². The fourth-order valence-corrected chi connectivity index (χ4v) is 3.93. The molecule has 0 bridgehead atoms. The van der Waals surface area contributed by atoms with Crippen molar-refractivity contribution in [2.75, 3.05) is 27.4 Å². The van der Waals surface area contributed by atoms with Crippen molar-refractivity contribution in [2.45, 2.75) is 31.7 Å². The molecule has 1 fully saturated rings. The minimum Gasteiger partial charge on any atom is -0.465 e. The van der Waals surface area contributed by atoms with Crippen LogP contribution in [0.3, 0.4) is 0 Å². The van der Waals surface area contributed by atoms with Gasteiger partial charge < -0.3 is 18.8 Å². The number of carbonyl (C=O) groups excluding carboxylic acids is 1. The van der Waals surface area contributed by atoms with E-state index in [1.165, 1.54) is 12.5 Å². The lowest BCUT2D eigenvalue weighted by Gasteiger charge is -2.30. The molecule has 1 unspecified atom stereocenters. The van der Waals surface area contributed by atoms with E-state index in [0.29, 0.717) is 6.61 Å². The van der Waals surface area contributed by atoms with E-state index in [-0.39, 0.29) is 21.7 Å². The average Bonchev–Trinajstić information content (AvgIpc) is 2.78. The fraction of sp³-hybridized carbons (Fsp3) is 0.900. The molecule has 0 aliphatic carbocycles. The second-order valence-electron chi connectivity index (χ2n) is 3.78. The monoisotopic (exact) mass is 247 g/mol. The number of rotatable bonds is 6. The van der Waals surface area contributed by atoms with E-state index in [4.69, 9.17) is 14.2 Å². The molecular weight excluding hydrogens is 226 g/mol. The average molecular weight is 247 g/mol. The zero-order valence-electron chi connectivity index (χ0n) is 10.3. The van der Waals surface area contributed by atoms with E-state index in [1.54, 1.807) is 14.2 Å². The topological polar surface area (TPSA) is 48.0 Å². The molecule has 6 heteroatoms. The Morgan fingerprint density at radius 3 is 2.56 bits per heavy atom. The van der Waals surface area contributed by atoms with E-state index < -0.39 is 6.29 Å². The van der Waals surface area contributed by atoms with Crippen LogP contribution in [0.15, 0.2) is 0 Å². The van der Waals surface area contributed by atoms with Crippen LogP contribution >= 0.6 is 0 Å². The highest BCUT2D eigenvalue weighted by Gasteiger charge is 2.36. The van der Waals surface area contributed by atoms with Gasteiger partial charge in [-0.2, -0.15) is 0 Å². The van der Waals surface area contributed by atoms with E-state index in [1.807, 2.05) is 6.92 Å². The predicted octanol–water partition coefficient (Wildman–Crippen LogP) is -0.255. The van der Waals surface area contributed by atoms with Gasteiger partial charge in [-0.15, -0.1) is 0 Å². The molecule has 0 amide bonds. The molecule has 1 aliphatic rings. The fourth-order valence-electron chi connectivity index (χ4n) is 2.03. The molecule has 16 heavy (non-hydrogen) atoms. The van der Waals surface area contributed by atoms with E-state index >= 15 is 0 Å². The van der Waals surface area contributed by atoms with Crippen molar-refractivity contribution in [3.8, 4) is 0 Å². The summed E-state index contributed by atoms with van der Waals surface area (Å²) < 4.78 is 17.7. The Morgan fingerprint density at radius 2 is 2.12 bits per heavy atom. The minimum atomic E-state index is -0.523. The predicted molar refractivity (Wildman–Crippen MR) is 62.9 cm³/mol. The van der Waals surface area contributed by atoms with Gasteiger partial charge in [-0.1, -0.05) is 0 Å². The molecular formula is C10H21NO4Si. The summed E-state index contributed by atoms with van der Waals surface area (Å²) in [5, 5.41) is 0. The van der Waals surface area contributed by atoms with Crippen LogP contribution in [0.25, 0.3) is 0 Å². The highest BCUT2D eigenvalue weighted by molar-refractivity contribution is 6.33. The Morgan fingerprint density at radius 1 is 1.44 bits per heavy atom. The van der Waals surface area contributed by atoms with Crippen molar-refractivity contribution >= 4 is 15.7 Å². The third kappa shape index (κ3) is 3.28. The van der Waals surface area contributed by atoms with Crippen molar-refractivity contribution in [3.05, 3.63) is 0 Å². The van der Waals surface area contributed by atoms with Gasteiger partial charge in [-0.05, 0) is 25.9 Å². The van der Waals surface area contributed by atoms with Gasteiger partial charge in [0, 0.05) is 14.2 Å². The maximum absolute atomic E-state index is 11.9. The number of esters is 1. The largest absolute Gasteiger partial charge is 0.465 e. The van der Waals surface area contributed by atoms with E-state index in [0.717, 1.165) is 6.54 Å². The summed E-state index contributed by atoms with van der Waals surface area (Å²) in [5.74, 6) is -0.231. The first-order valence-corrected chi connectivity index (χ1v) is 7.34. The van der Waals surface area contributed by atoms with Crippen molar-refractivity contribution in [1.29, 1.82) is 0 Å². The van der Waals surface area contributed by atoms with Gasteiger partial charge in [0.1, 0.15) is 0 Å². The Labute approximate surface area is 98.9 Å². The maximum atomic E-state index is 11.9. The molecule has 0 spiro atoms. The molecule has 0 saturated carbocycles. The molecule has 1 heterocycles. The zero-order valence-corrected chi connectivity index (χ0v) is 11.7. The normalized spacial score (nSPS) is 20.5. The molecule has 5 nitrogen and oxygen atoms in total. The van der Waals surface area contributed by atoms with Crippen LogP contribution in [-0.4, -0.2) is 59.9 Å². The standard InChI is InChI=1S/C10H21NO4Si/c1-4-15-9(12)8(10(13-2)14-3)11-6-5-7-16-11/h8,10H,4-7,16H2,1-3H3. The van der Waals surface area contributed by atoms with Gasteiger partial charge in [-0.3, -0.25) is 4.79 Å². The first-order chi connectivity index (χ1) is 7.74. The first kappa shape index (κ1) is 13.6. The van der Waals surface area contributed by atoms with Crippen LogP contribution in [0.5, 0.6) is 0 Å². The molecule has 0 radical (unpaired) electrons. The Hall–Kier alpha value is -0.433. The Balaban J connectivity index is 2.70. The number of hydrogen-bond acceptors (Lipinski definition) is 5. The van der Waals surface area contributed by atoms with Crippen LogP contribution in [0, 0.1) is 0 Å². The summed E-state index contributed by atoms with van der Waals surface area (Å²) in [7, 11) is 2.77. The van der Waals surface area contributed by atoms with E-state index in [2.05, 4.69) is 4.57 Å². The van der Waals surface area contributed by atoms with Gasteiger partial charge in [0.15, 0.2) is 12.3 Å². The lowest BCUT2D eigenvalue weighted by molar-refractivity contribution is -0.174. The Bertz CT molecular complexity index is 215. The smallest absolute Gasteiger partial charge is 0.328 e. The van der Waals surface area contributed by atoms with Crippen molar-refractivity contribution in [2.24, 2.45) is 0 Å². The van der Waals surface area contributed by atoms with Gasteiger partial charge >= 0.3 is 5.97 Å². The molecule has 0 aromatic rings. The van der Waals surface area contributed by atoms with Gasteiger partial charge in [0.05, 0.1) is 16.3 Å². The maximum Gasteiger partial charge on any atom is 0.328 e. The van der Waals surface area contributed by atoms with Gasteiger partial charge in [0.25, 0.3) is 0 Å². The summed E-state index contributed by atoms with van der Waals surface area (Å²) in [6, 6.07) is 0.861. The summed E-state index contributed by atoms with van der Waals surface area (Å²) in [4.78, 5) is 11.9. The molecule has 1 saturated heterocycles. The quantitative estimate of drug-likeness (QED) is 0.368. The van der Waals surface area contributed by atoms with Crippen LogP contribution < -0.4 is 0 Å². The summed E-state index contributed by atoms with van der Waals surface area (Å²) in [6.07, 6.45) is 0.645. The SMILES string of the molecule is CCOC(=O)C(C(OC)OC)N1CCC[SiH2]1. The second kappa shape index (κ2) is 7.00. The molecule has 1 rings (SSSR count). The Kier molecular flexibility index (Phi) is 5.97. The summed E-state index contributed by atoms with van der Waals surface area (Å²) >= 11 is 0. The lowest BCUT2D eigenvalue weighted by atomic mass is 10.2. The number of nitrogens with zero attached hydrogens (tertiary/aromatic N) is 1. The van der Waals surface area contributed by atoms with Crippen molar-refractivity contribution in [3.63, 3.8) is 0 Å². The van der Waals surface area contributed by atoms with Gasteiger partial charge in [0.2, 0.25) is 0 Å². The number of hydrogen-bond donors (Lipinski definition) is 0. The molecule has 0 N–H and O–H groups in total. The lowest BCUT2D eigenvalue weighted by Crippen LogP contribution is -2.51. The van der Waals surface area contributed by atoms with Crippen LogP contribution in [-0.2, 0) is 19.0 Å². The van der Waals surface area contributed by atoms with E-state index in [9.17, 15) is 4.79 Å². The molecule has 1 atom stereocenters. The number of ether oxygens (including phenoxy) is 3. The van der Waals surface area contributed by atoms with Crippen LogP contribution in [0.2, 0.25) is 6.04 Å². The zero-order chi connectivity index (χ0) is 12.0. The third-order valence-electron chi connectivity index (χ3n) is 2.78. The first-order valence-electron chi connectivity index (χ1n) is 5.70. The number of methoxy groups -OCH3 is 2. The summed E-state index contributed by atoms with van der Waals surface area (Å²) in [6.45, 7) is 3.16. The van der Waals surface area contributed by atoms with Gasteiger partial charge in [-0.25, -0.2) is 0 Å². The molecule has 0 aromatic heterocycles. The van der Waals surface area contributed by atoms with Crippen LogP contribution in [0.1, 0.15) is 13.3 Å². The molecule has 94 valence electrons. The minimum absolute atomic E-state index is 0.231. The second-order valence-corrected chi connectivity index (χ2v) is 5.75. The highest BCUT2D eigenvalue weighted by Crippen LogP contribution is 2.16. The third-order valence-corrected chi connectivity index (χ3v) is 4.88. The molecule has 0 aromatic carbocycles.